The summed E-state index contributed by atoms with van der Waals surface area (Å²) < 4.78 is 18.9. The molecule has 2 rings (SSSR count). The molecule has 0 aliphatic carbocycles. The first-order valence-electron chi connectivity index (χ1n) is 6.85. The SMILES string of the molecule is CCCCCCC1C[C@@H](O)c2ccc(F)cc2O1. The quantitative estimate of drug-likeness (QED) is 0.803. The highest BCUT2D eigenvalue weighted by Crippen LogP contribution is 2.36. The Morgan fingerprint density at radius 1 is 1.33 bits per heavy atom. The molecule has 0 saturated carbocycles. The molecular formula is C15H21FO2. The van der Waals surface area contributed by atoms with Gasteiger partial charge in [0.2, 0.25) is 0 Å². The van der Waals surface area contributed by atoms with Gasteiger partial charge in [-0.1, -0.05) is 26.2 Å². The monoisotopic (exact) mass is 252 g/mol. The third-order valence-corrected chi connectivity index (χ3v) is 3.49. The molecule has 1 aliphatic rings. The molecule has 0 fully saturated rings. The maximum atomic E-state index is 13.1. The minimum atomic E-state index is -0.523. The van der Waals surface area contributed by atoms with Crippen LogP contribution in [0.5, 0.6) is 5.75 Å². The van der Waals surface area contributed by atoms with E-state index in [2.05, 4.69) is 6.92 Å². The fourth-order valence-corrected chi connectivity index (χ4v) is 2.46. The number of rotatable bonds is 5. The Bertz CT molecular complexity index is 392. The largest absolute Gasteiger partial charge is 0.490 e. The molecule has 2 nitrogen and oxygen atoms in total. The van der Waals surface area contributed by atoms with Crippen molar-refractivity contribution in [3.63, 3.8) is 0 Å². The molecule has 1 aromatic carbocycles. The number of ether oxygens (including phenoxy) is 1. The second-order valence-corrected chi connectivity index (χ2v) is 5.02. The molecule has 1 N–H and O–H groups in total. The standard InChI is InChI=1S/C15H21FO2/c1-2-3-4-5-6-12-10-14(17)13-8-7-11(16)9-15(13)18-12/h7-9,12,14,17H,2-6,10H2,1H3/t12?,14-/m1/s1. The van der Waals surface area contributed by atoms with Crippen LogP contribution in [0.1, 0.15) is 57.1 Å². The Hall–Kier alpha value is -1.09. The summed E-state index contributed by atoms with van der Waals surface area (Å²) in [5.74, 6) is 0.196. The van der Waals surface area contributed by atoms with Crippen LogP contribution in [0.2, 0.25) is 0 Å². The van der Waals surface area contributed by atoms with E-state index in [1.807, 2.05) is 0 Å². The van der Waals surface area contributed by atoms with Crippen LogP contribution in [0.4, 0.5) is 4.39 Å². The van der Waals surface area contributed by atoms with Gasteiger partial charge in [-0.15, -0.1) is 0 Å². The minimum Gasteiger partial charge on any atom is -0.490 e. The van der Waals surface area contributed by atoms with Gasteiger partial charge in [0.25, 0.3) is 0 Å². The maximum absolute atomic E-state index is 13.1. The summed E-state index contributed by atoms with van der Waals surface area (Å²) in [6, 6.07) is 4.35. The molecule has 1 unspecified atom stereocenters. The molecule has 100 valence electrons. The zero-order valence-electron chi connectivity index (χ0n) is 10.9. The Morgan fingerprint density at radius 3 is 2.94 bits per heavy atom. The lowest BCUT2D eigenvalue weighted by Crippen LogP contribution is -2.25. The van der Waals surface area contributed by atoms with Crippen LogP contribution in [-0.4, -0.2) is 11.2 Å². The summed E-state index contributed by atoms with van der Waals surface area (Å²) in [5.41, 5.74) is 0.709. The number of hydrogen-bond donors (Lipinski definition) is 1. The van der Waals surface area contributed by atoms with Gasteiger partial charge < -0.3 is 9.84 Å². The summed E-state index contributed by atoms with van der Waals surface area (Å²) in [5, 5.41) is 10.0. The molecule has 0 bridgehead atoms. The van der Waals surface area contributed by atoms with Crippen LogP contribution in [0.25, 0.3) is 0 Å². The average molecular weight is 252 g/mol. The Labute approximate surface area is 108 Å². The van der Waals surface area contributed by atoms with Crippen molar-refractivity contribution in [3.8, 4) is 5.75 Å². The number of aliphatic hydroxyl groups is 1. The molecule has 0 amide bonds. The Kier molecular flexibility index (Phi) is 4.59. The third kappa shape index (κ3) is 3.22. The van der Waals surface area contributed by atoms with E-state index >= 15 is 0 Å². The topological polar surface area (TPSA) is 29.5 Å². The third-order valence-electron chi connectivity index (χ3n) is 3.49. The smallest absolute Gasteiger partial charge is 0.128 e. The first-order valence-corrected chi connectivity index (χ1v) is 6.85. The fraction of sp³-hybridized carbons (Fsp3) is 0.600. The van der Waals surface area contributed by atoms with E-state index in [0.717, 1.165) is 12.8 Å². The molecule has 0 saturated heterocycles. The molecule has 0 aromatic heterocycles. The second-order valence-electron chi connectivity index (χ2n) is 5.02. The van der Waals surface area contributed by atoms with E-state index in [-0.39, 0.29) is 11.9 Å². The predicted octanol–water partition coefficient (Wildman–Crippen LogP) is 3.98. The maximum Gasteiger partial charge on any atom is 0.128 e. The van der Waals surface area contributed by atoms with Crippen LogP contribution in [0.15, 0.2) is 18.2 Å². The van der Waals surface area contributed by atoms with Gasteiger partial charge in [-0.2, -0.15) is 0 Å². The molecule has 1 aromatic rings. The van der Waals surface area contributed by atoms with Gasteiger partial charge in [-0.25, -0.2) is 4.39 Å². The molecule has 1 heterocycles. The van der Waals surface area contributed by atoms with Gasteiger partial charge in [0.1, 0.15) is 17.7 Å². The van der Waals surface area contributed by atoms with E-state index < -0.39 is 6.10 Å². The molecule has 3 heteroatoms. The lowest BCUT2D eigenvalue weighted by Gasteiger charge is -2.29. The summed E-state index contributed by atoms with van der Waals surface area (Å²) >= 11 is 0. The molecule has 18 heavy (non-hydrogen) atoms. The van der Waals surface area contributed by atoms with Crippen LogP contribution >= 0.6 is 0 Å². The number of aliphatic hydroxyl groups excluding tert-OH is 1. The van der Waals surface area contributed by atoms with Crippen molar-refractivity contribution in [2.75, 3.05) is 0 Å². The summed E-state index contributed by atoms with van der Waals surface area (Å²) in [6.45, 7) is 2.18. The number of halogens is 1. The molecule has 1 aliphatic heterocycles. The average Bonchev–Trinajstić information content (AvgIpc) is 2.34. The van der Waals surface area contributed by atoms with Crippen LogP contribution in [-0.2, 0) is 0 Å². The second kappa shape index (κ2) is 6.19. The van der Waals surface area contributed by atoms with E-state index in [9.17, 15) is 9.50 Å². The van der Waals surface area contributed by atoms with E-state index in [1.54, 1.807) is 6.07 Å². The summed E-state index contributed by atoms with van der Waals surface area (Å²) in [7, 11) is 0. The van der Waals surface area contributed by atoms with Crippen molar-refractivity contribution >= 4 is 0 Å². The fourth-order valence-electron chi connectivity index (χ4n) is 2.46. The van der Waals surface area contributed by atoms with Gasteiger partial charge in [0.15, 0.2) is 0 Å². The number of hydrogen-bond acceptors (Lipinski definition) is 2. The van der Waals surface area contributed by atoms with Crippen molar-refractivity contribution < 1.29 is 14.2 Å². The lowest BCUT2D eigenvalue weighted by molar-refractivity contribution is 0.0601. The summed E-state index contributed by atoms with van der Waals surface area (Å²) in [4.78, 5) is 0. The first-order chi connectivity index (χ1) is 8.70. The van der Waals surface area contributed by atoms with Crippen molar-refractivity contribution in [2.24, 2.45) is 0 Å². The van der Waals surface area contributed by atoms with E-state index in [4.69, 9.17) is 4.74 Å². The minimum absolute atomic E-state index is 0.0196. The highest BCUT2D eigenvalue weighted by Gasteiger charge is 2.26. The number of benzene rings is 1. The van der Waals surface area contributed by atoms with Crippen molar-refractivity contribution in [3.05, 3.63) is 29.6 Å². The Morgan fingerprint density at radius 2 is 2.17 bits per heavy atom. The Balaban J connectivity index is 1.94. The van der Waals surface area contributed by atoms with Crippen LogP contribution < -0.4 is 4.74 Å². The van der Waals surface area contributed by atoms with E-state index in [1.165, 1.54) is 31.4 Å². The zero-order chi connectivity index (χ0) is 13.0. The highest BCUT2D eigenvalue weighted by atomic mass is 19.1. The van der Waals surface area contributed by atoms with Crippen LogP contribution in [0, 0.1) is 5.82 Å². The predicted molar refractivity (Wildman–Crippen MR) is 69.2 cm³/mol. The number of fused-ring (bicyclic) bond motifs is 1. The van der Waals surface area contributed by atoms with E-state index in [0.29, 0.717) is 17.7 Å². The van der Waals surface area contributed by atoms with Crippen molar-refractivity contribution in [1.29, 1.82) is 0 Å². The number of unbranched alkanes of at least 4 members (excludes halogenated alkanes) is 3. The molecule has 0 spiro atoms. The van der Waals surface area contributed by atoms with Gasteiger partial charge >= 0.3 is 0 Å². The van der Waals surface area contributed by atoms with Gasteiger partial charge in [-0.05, 0) is 25.0 Å². The van der Waals surface area contributed by atoms with Crippen LogP contribution in [0.3, 0.4) is 0 Å². The highest BCUT2D eigenvalue weighted by molar-refractivity contribution is 5.37. The van der Waals surface area contributed by atoms with Gasteiger partial charge in [0.05, 0.1) is 6.10 Å². The molecule has 2 atom stereocenters. The lowest BCUT2D eigenvalue weighted by atomic mass is 9.96. The summed E-state index contributed by atoms with van der Waals surface area (Å²) in [6.07, 6.45) is 5.80. The molecule has 0 radical (unpaired) electrons. The van der Waals surface area contributed by atoms with Gasteiger partial charge in [0, 0.05) is 18.1 Å². The van der Waals surface area contributed by atoms with Gasteiger partial charge in [-0.3, -0.25) is 0 Å². The van der Waals surface area contributed by atoms with Crippen molar-refractivity contribution in [1.82, 2.24) is 0 Å². The van der Waals surface area contributed by atoms with Crippen molar-refractivity contribution in [2.45, 2.75) is 57.7 Å². The molecular weight excluding hydrogens is 231 g/mol. The normalized spacial score (nSPS) is 22.4. The first kappa shape index (κ1) is 13.3. The zero-order valence-corrected chi connectivity index (χ0v) is 10.9.